The van der Waals surface area contributed by atoms with Gasteiger partial charge in [0.25, 0.3) is 0 Å². The van der Waals surface area contributed by atoms with Crippen molar-refractivity contribution in [2.24, 2.45) is 0 Å². The fourth-order valence-corrected chi connectivity index (χ4v) is 4.61. The molecule has 2 aromatic heterocycles. The highest BCUT2D eigenvalue weighted by molar-refractivity contribution is 9.10. The molecule has 0 amide bonds. The Balaban J connectivity index is 1.59. The first-order valence-corrected chi connectivity index (χ1v) is 12.0. The molecule has 0 aliphatic carbocycles. The van der Waals surface area contributed by atoms with Crippen molar-refractivity contribution in [2.75, 3.05) is 25.0 Å². The summed E-state index contributed by atoms with van der Waals surface area (Å²) in [5, 5.41) is 15.9. The van der Waals surface area contributed by atoms with Crippen molar-refractivity contribution in [3.05, 3.63) is 51.8 Å². The van der Waals surface area contributed by atoms with Crippen molar-refractivity contribution in [1.82, 2.24) is 24.7 Å². The van der Waals surface area contributed by atoms with Gasteiger partial charge in [0.15, 0.2) is 5.82 Å². The van der Waals surface area contributed by atoms with Crippen molar-refractivity contribution in [2.45, 2.75) is 32.6 Å². The SMILES string of the molecule is CCOc1ccc(Br)cc1S(=O)(=O)NCCNc1ccc(-n2nc(C)c(C)c2C)nn1. The van der Waals surface area contributed by atoms with Crippen LogP contribution in [-0.4, -0.2) is 48.1 Å². The molecule has 3 aromatic rings. The van der Waals surface area contributed by atoms with Gasteiger partial charge >= 0.3 is 0 Å². The summed E-state index contributed by atoms with van der Waals surface area (Å²) in [6.07, 6.45) is 0. The summed E-state index contributed by atoms with van der Waals surface area (Å²) >= 11 is 3.30. The van der Waals surface area contributed by atoms with E-state index in [0.717, 1.165) is 17.0 Å². The number of nitrogens with one attached hydrogen (secondary N) is 2. The molecule has 2 N–H and O–H groups in total. The van der Waals surface area contributed by atoms with Gasteiger partial charge in [-0.15, -0.1) is 10.2 Å². The molecule has 0 unspecified atom stereocenters. The normalized spacial score (nSPS) is 11.5. The average molecular weight is 509 g/mol. The summed E-state index contributed by atoms with van der Waals surface area (Å²) in [6.45, 7) is 8.64. The van der Waals surface area contributed by atoms with E-state index in [-0.39, 0.29) is 11.4 Å². The number of aromatic nitrogens is 4. The summed E-state index contributed by atoms with van der Waals surface area (Å²) in [5.74, 6) is 1.48. The van der Waals surface area contributed by atoms with Gasteiger partial charge in [0.2, 0.25) is 10.0 Å². The first-order chi connectivity index (χ1) is 14.7. The van der Waals surface area contributed by atoms with Crippen molar-refractivity contribution >= 4 is 31.8 Å². The Morgan fingerprint density at radius 2 is 1.87 bits per heavy atom. The van der Waals surface area contributed by atoms with Crippen molar-refractivity contribution in [3.8, 4) is 11.6 Å². The summed E-state index contributed by atoms with van der Waals surface area (Å²) in [7, 11) is -3.73. The quantitative estimate of drug-likeness (QED) is 0.427. The number of aryl methyl sites for hydroxylation is 1. The van der Waals surface area contributed by atoms with E-state index in [4.69, 9.17) is 4.74 Å². The number of rotatable bonds is 9. The van der Waals surface area contributed by atoms with Crippen LogP contribution in [0.2, 0.25) is 0 Å². The number of ether oxygens (including phenoxy) is 1. The monoisotopic (exact) mass is 508 g/mol. The van der Waals surface area contributed by atoms with Crippen LogP contribution < -0.4 is 14.8 Å². The van der Waals surface area contributed by atoms with Gasteiger partial charge < -0.3 is 10.1 Å². The molecule has 0 atom stereocenters. The van der Waals surface area contributed by atoms with Gasteiger partial charge in [-0.1, -0.05) is 15.9 Å². The summed E-state index contributed by atoms with van der Waals surface area (Å²) in [6, 6.07) is 8.48. The zero-order valence-corrected chi connectivity index (χ0v) is 20.2. The summed E-state index contributed by atoms with van der Waals surface area (Å²) in [4.78, 5) is 0.0908. The third-order valence-corrected chi connectivity index (χ3v) is 6.71. The van der Waals surface area contributed by atoms with E-state index in [1.165, 1.54) is 6.07 Å². The van der Waals surface area contributed by atoms with E-state index in [1.54, 1.807) is 29.8 Å². The Kier molecular flexibility index (Phi) is 7.29. The van der Waals surface area contributed by atoms with Crippen LogP contribution in [0.5, 0.6) is 5.75 Å². The molecule has 11 heteroatoms. The lowest BCUT2D eigenvalue weighted by Gasteiger charge is -2.13. The second-order valence-electron chi connectivity index (χ2n) is 6.83. The van der Waals surface area contributed by atoms with Gasteiger partial charge in [-0.05, 0) is 63.6 Å². The maximum absolute atomic E-state index is 12.7. The Morgan fingerprint density at radius 1 is 1.10 bits per heavy atom. The largest absolute Gasteiger partial charge is 0.492 e. The molecule has 0 saturated heterocycles. The Morgan fingerprint density at radius 3 is 2.48 bits per heavy atom. The number of halogens is 1. The Labute approximate surface area is 190 Å². The van der Waals surface area contributed by atoms with Crippen LogP contribution in [0, 0.1) is 20.8 Å². The van der Waals surface area contributed by atoms with E-state index in [0.29, 0.717) is 35.0 Å². The summed E-state index contributed by atoms with van der Waals surface area (Å²) < 4.78 is 35.8. The molecule has 166 valence electrons. The molecule has 0 saturated carbocycles. The predicted molar refractivity (Wildman–Crippen MR) is 122 cm³/mol. The van der Waals surface area contributed by atoms with E-state index in [1.807, 2.05) is 26.8 Å². The molecule has 9 nitrogen and oxygen atoms in total. The highest BCUT2D eigenvalue weighted by atomic mass is 79.9. The maximum Gasteiger partial charge on any atom is 0.244 e. The van der Waals surface area contributed by atoms with Crippen molar-refractivity contribution in [1.29, 1.82) is 0 Å². The van der Waals surface area contributed by atoms with E-state index >= 15 is 0 Å². The third kappa shape index (κ3) is 5.41. The van der Waals surface area contributed by atoms with Crippen LogP contribution in [0.1, 0.15) is 23.9 Å². The highest BCUT2D eigenvalue weighted by Crippen LogP contribution is 2.27. The second-order valence-corrected chi connectivity index (χ2v) is 9.48. The van der Waals surface area contributed by atoms with Gasteiger partial charge in [-0.3, -0.25) is 0 Å². The first-order valence-electron chi connectivity index (χ1n) is 9.75. The van der Waals surface area contributed by atoms with Gasteiger partial charge in [-0.2, -0.15) is 5.10 Å². The minimum absolute atomic E-state index is 0.0908. The smallest absolute Gasteiger partial charge is 0.244 e. The molecule has 0 radical (unpaired) electrons. The fourth-order valence-electron chi connectivity index (χ4n) is 2.90. The minimum Gasteiger partial charge on any atom is -0.492 e. The molecule has 0 bridgehead atoms. The fraction of sp³-hybridized carbons (Fsp3) is 0.350. The number of hydrogen-bond donors (Lipinski definition) is 2. The zero-order valence-electron chi connectivity index (χ0n) is 17.8. The first kappa shape index (κ1) is 23.2. The topological polar surface area (TPSA) is 111 Å². The molecule has 31 heavy (non-hydrogen) atoms. The molecular weight excluding hydrogens is 484 g/mol. The maximum atomic E-state index is 12.7. The number of hydrogen-bond acceptors (Lipinski definition) is 7. The molecule has 0 fully saturated rings. The van der Waals surface area contributed by atoms with E-state index < -0.39 is 10.0 Å². The van der Waals surface area contributed by atoms with Gasteiger partial charge in [0, 0.05) is 23.3 Å². The van der Waals surface area contributed by atoms with E-state index in [9.17, 15) is 8.42 Å². The van der Waals surface area contributed by atoms with Gasteiger partial charge in [0.1, 0.15) is 16.5 Å². The summed E-state index contributed by atoms with van der Waals surface area (Å²) in [5.41, 5.74) is 3.09. The van der Waals surface area contributed by atoms with Crippen LogP contribution in [0.3, 0.4) is 0 Å². The lowest BCUT2D eigenvalue weighted by atomic mass is 10.2. The van der Waals surface area contributed by atoms with Crippen LogP contribution in [0.4, 0.5) is 5.82 Å². The third-order valence-electron chi connectivity index (χ3n) is 4.74. The Hall–Kier alpha value is -2.50. The molecule has 2 heterocycles. The molecule has 0 spiro atoms. The molecule has 1 aromatic carbocycles. The second kappa shape index (κ2) is 9.75. The van der Waals surface area contributed by atoms with Gasteiger partial charge in [0.05, 0.1) is 12.3 Å². The zero-order chi connectivity index (χ0) is 22.6. The van der Waals surface area contributed by atoms with Crippen LogP contribution >= 0.6 is 15.9 Å². The number of anilines is 1. The average Bonchev–Trinajstić information content (AvgIpc) is 3.00. The van der Waals surface area contributed by atoms with Crippen molar-refractivity contribution < 1.29 is 13.2 Å². The van der Waals surface area contributed by atoms with Crippen LogP contribution in [0.25, 0.3) is 5.82 Å². The van der Waals surface area contributed by atoms with Gasteiger partial charge in [-0.25, -0.2) is 17.8 Å². The molecule has 0 aliphatic heterocycles. The molecule has 0 aliphatic rings. The standard InChI is InChI=1S/C20H25BrN6O3S/c1-5-30-17-7-6-16(21)12-18(17)31(28,29)23-11-10-22-19-8-9-20(25-24-19)27-15(4)13(2)14(3)26-27/h6-9,12,23H,5,10-11H2,1-4H3,(H,22,24). The van der Waals surface area contributed by atoms with Crippen LogP contribution in [-0.2, 0) is 10.0 Å². The van der Waals surface area contributed by atoms with Crippen molar-refractivity contribution in [3.63, 3.8) is 0 Å². The number of benzene rings is 1. The minimum atomic E-state index is -3.73. The Bertz CT molecular complexity index is 1160. The predicted octanol–water partition coefficient (Wildman–Crippen LogP) is 3.14. The van der Waals surface area contributed by atoms with E-state index in [2.05, 4.69) is 41.3 Å². The van der Waals surface area contributed by atoms with Crippen LogP contribution in [0.15, 0.2) is 39.7 Å². The number of nitrogens with zero attached hydrogens (tertiary/aromatic N) is 4. The lowest BCUT2D eigenvalue weighted by Crippen LogP contribution is -2.29. The molecular formula is C20H25BrN6O3S. The lowest BCUT2D eigenvalue weighted by molar-refractivity contribution is 0.331. The highest BCUT2D eigenvalue weighted by Gasteiger charge is 2.19. The molecule has 3 rings (SSSR count). The number of sulfonamides is 1.